The Kier molecular flexibility index (Phi) is 3.78. The summed E-state index contributed by atoms with van der Waals surface area (Å²) in [5.74, 6) is 0. The van der Waals surface area contributed by atoms with Gasteiger partial charge in [-0.25, -0.2) is 4.68 Å². The van der Waals surface area contributed by atoms with E-state index in [-0.39, 0.29) is 16.6 Å². The highest BCUT2D eigenvalue weighted by Crippen LogP contribution is 2.14. The maximum atomic E-state index is 11.3. The van der Waals surface area contributed by atoms with Gasteiger partial charge in [0.25, 0.3) is 5.56 Å². The van der Waals surface area contributed by atoms with Crippen molar-refractivity contribution >= 4 is 34.8 Å². The van der Waals surface area contributed by atoms with E-state index in [4.69, 9.17) is 34.8 Å². The molecule has 0 atom stereocenters. The Morgan fingerprint density at radius 3 is 2.85 bits per heavy atom. The fourth-order valence-electron chi connectivity index (χ4n) is 0.715. The first-order valence-corrected chi connectivity index (χ1v) is 4.52. The molecule has 1 aromatic heterocycles. The quantitative estimate of drug-likeness (QED) is 0.794. The van der Waals surface area contributed by atoms with Crippen LogP contribution in [0.5, 0.6) is 0 Å². The second-order valence-electron chi connectivity index (χ2n) is 2.16. The van der Waals surface area contributed by atoms with Crippen molar-refractivity contribution < 1.29 is 0 Å². The van der Waals surface area contributed by atoms with Crippen LogP contribution >= 0.6 is 34.8 Å². The van der Waals surface area contributed by atoms with Gasteiger partial charge in [-0.2, -0.15) is 5.10 Å². The Bertz CT molecular complexity index is 386. The van der Waals surface area contributed by atoms with Gasteiger partial charge in [0.15, 0.2) is 0 Å². The molecule has 0 N–H and O–H groups in total. The maximum Gasteiger partial charge on any atom is 0.287 e. The molecule has 0 saturated heterocycles. The van der Waals surface area contributed by atoms with Gasteiger partial charge in [0.2, 0.25) is 0 Å². The molecule has 13 heavy (non-hydrogen) atoms. The first-order chi connectivity index (χ1) is 6.16. The fraction of sp³-hybridized carbons (Fsp3) is 0.143. The molecule has 70 valence electrons. The monoisotopic (exact) mass is 238 g/mol. The van der Waals surface area contributed by atoms with Crippen molar-refractivity contribution in [2.24, 2.45) is 0 Å². The summed E-state index contributed by atoms with van der Waals surface area (Å²) in [6.07, 6.45) is 2.88. The van der Waals surface area contributed by atoms with E-state index < -0.39 is 5.56 Å². The van der Waals surface area contributed by atoms with E-state index in [2.05, 4.69) is 5.10 Å². The van der Waals surface area contributed by atoms with Crippen molar-refractivity contribution in [3.8, 4) is 0 Å². The van der Waals surface area contributed by atoms with Crippen LogP contribution < -0.4 is 5.56 Å². The van der Waals surface area contributed by atoms with Crippen LogP contribution in [0.2, 0.25) is 10.0 Å². The van der Waals surface area contributed by atoms with Crippen LogP contribution in [0.3, 0.4) is 0 Å². The lowest BCUT2D eigenvalue weighted by molar-refractivity contribution is 0.652. The summed E-state index contributed by atoms with van der Waals surface area (Å²) in [5.41, 5.74) is 0.875. The predicted octanol–water partition coefficient (Wildman–Crippen LogP) is 2.30. The van der Waals surface area contributed by atoms with Crippen molar-refractivity contribution in [1.82, 2.24) is 9.78 Å². The molecule has 0 radical (unpaired) electrons. The minimum Gasteiger partial charge on any atom is -0.266 e. The van der Waals surface area contributed by atoms with E-state index in [0.29, 0.717) is 0 Å². The lowest BCUT2D eigenvalue weighted by atomic mass is 10.5. The number of aromatic nitrogens is 2. The number of halogens is 3. The lowest BCUT2D eigenvalue weighted by Crippen LogP contribution is -2.22. The Morgan fingerprint density at radius 1 is 1.54 bits per heavy atom. The van der Waals surface area contributed by atoms with Crippen LogP contribution in [0, 0.1) is 0 Å². The Hall–Kier alpha value is -0.510. The van der Waals surface area contributed by atoms with E-state index >= 15 is 0 Å². The summed E-state index contributed by atoms with van der Waals surface area (Å²) in [7, 11) is 0. The van der Waals surface area contributed by atoms with Gasteiger partial charge >= 0.3 is 0 Å². The number of allylic oxidation sites excluding steroid dienone is 1. The normalized spacial score (nSPS) is 11.0. The molecule has 0 unspecified atom stereocenters. The topological polar surface area (TPSA) is 34.9 Å². The van der Waals surface area contributed by atoms with Crippen LogP contribution in [-0.2, 0) is 6.54 Å². The first-order valence-electron chi connectivity index (χ1n) is 3.33. The minimum absolute atomic E-state index is 0.0281. The third-order valence-electron chi connectivity index (χ3n) is 1.31. The van der Waals surface area contributed by atoms with Gasteiger partial charge in [0, 0.05) is 5.54 Å². The highest BCUT2D eigenvalue weighted by Gasteiger charge is 2.05. The number of hydrogen-bond acceptors (Lipinski definition) is 2. The predicted molar refractivity (Wildman–Crippen MR) is 53.5 cm³/mol. The highest BCUT2D eigenvalue weighted by atomic mass is 35.5. The average molecular weight is 239 g/mol. The summed E-state index contributed by atoms with van der Waals surface area (Å²) in [5, 5.41) is 3.88. The van der Waals surface area contributed by atoms with Gasteiger partial charge in [-0.15, -0.1) is 0 Å². The SMILES string of the molecule is O=c1c(Cl)c(Cl)cnn1C/C=C/Cl. The minimum atomic E-state index is -0.427. The molecule has 1 heterocycles. The van der Waals surface area contributed by atoms with Crippen molar-refractivity contribution in [3.05, 3.63) is 38.2 Å². The smallest absolute Gasteiger partial charge is 0.266 e. The van der Waals surface area contributed by atoms with E-state index in [1.54, 1.807) is 6.08 Å². The zero-order valence-electron chi connectivity index (χ0n) is 6.38. The highest BCUT2D eigenvalue weighted by molar-refractivity contribution is 6.41. The molecule has 1 rings (SSSR count). The second-order valence-corrected chi connectivity index (χ2v) is 3.19. The fourth-order valence-corrected chi connectivity index (χ4v) is 1.07. The van der Waals surface area contributed by atoms with Crippen molar-refractivity contribution in [2.45, 2.75) is 6.54 Å². The van der Waals surface area contributed by atoms with Gasteiger partial charge in [0.05, 0.1) is 17.8 Å². The molecule has 0 spiro atoms. The number of rotatable bonds is 2. The van der Waals surface area contributed by atoms with Crippen molar-refractivity contribution in [2.75, 3.05) is 0 Å². The molecule has 3 nitrogen and oxygen atoms in total. The van der Waals surface area contributed by atoms with E-state index in [0.717, 1.165) is 4.68 Å². The van der Waals surface area contributed by atoms with E-state index in [9.17, 15) is 4.79 Å². The van der Waals surface area contributed by atoms with Crippen LogP contribution in [-0.4, -0.2) is 9.78 Å². The van der Waals surface area contributed by atoms with Crippen LogP contribution in [0.4, 0.5) is 0 Å². The van der Waals surface area contributed by atoms with Crippen LogP contribution in [0.15, 0.2) is 22.6 Å². The molecule has 0 saturated carbocycles. The molecular weight excluding hydrogens is 234 g/mol. The molecule has 1 aromatic rings. The van der Waals surface area contributed by atoms with Crippen molar-refractivity contribution in [3.63, 3.8) is 0 Å². The summed E-state index contributed by atoms with van der Waals surface area (Å²) < 4.78 is 1.16. The summed E-state index contributed by atoms with van der Waals surface area (Å²) >= 11 is 16.5. The molecule has 0 aliphatic heterocycles. The first kappa shape index (κ1) is 10.6. The molecule has 0 amide bonds. The zero-order chi connectivity index (χ0) is 9.84. The summed E-state index contributed by atoms with van der Waals surface area (Å²) in [6, 6.07) is 0. The maximum absolute atomic E-state index is 11.3. The van der Waals surface area contributed by atoms with Crippen molar-refractivity contribution in [1.29, 1.82) is 0 Å². The largest absolute Gasteiger partial charge is 0.287 e. The third-order valence-corrected chi connectivity index (χ3v) is 2.24. The molecule has 0 aliphatic rings. The standard InChI is InChI=1S/C7H5Cl3N2O/c8-2-1-3-12-7(13)6(10)5(9)4-11-12/h1-2,4H,3H2/b2-1+. The van der Waals surface area contributed by atoms with E-state index in [1.807, 2.05) is 0 Å². The zero-order valence-corrected chi connectivity index (χ0v) is 8.64. The van der Waals surface area contributed by atoms with E-state index in [1.165, 1.54) is 11.7 Å². The van der Waals surface area contributed by atoms with Crippen LogP contribution in [0.25, 0.3) is 0 Å². The van der Waals surface area contributed by atoms with Crippen LogP contribution in [0.1, 0.15) is 0 Å². The Labute approximate surface area is 89.5 Å². The van der Waals surface area contributed by atoms with Gasteiger partial charge < -0.3 is 0 Å². The molecule has 0 aliphatic carbocycles. The number of nitrogens with zero attached hydrogens (tertiary/aromatic N) is 2. The van der Waals surface area contributed by atoms with Gasteiger partial charge in [-0.05, 0) is 0 Å². The molecule has 0 aromatic carbocycles. The summed E-state index contributed by atoms with van der Waals surface area (Å²) in [6.45, 7) is 0.277. The molecular formula is C7H5Cl3N2O. The number of hydrogen-bond donors (Lipinski definition) is 0. The lowest BCUT2D eigenvalue weighted by Gasteiger charge is -2.00. The van der Waals surface area contributed by atoms with Gasteiger partial charge in [-0.1, -0.05) is 40.9 Å². The second kappa shape index (κ2) is 4.65. The molecule has 6 heteroatoms. The average Bonchev–Trinajstić information content (AvgIpc) is 2.13. The summed E-state index contributed by atoms with van der Waals surface area (Å²) in [4.78, 5) is 11.3. The molecule has 0 fully saturated rings. The molecule has 0 bridgehead atoms. The van der Waals surface area contributed by atoms with Gasteiger partial charge in [-0.3, -0.25) is 4.79 Å². The third kappa shape index (κ3) is 2.46. The Balaban J connectivity index is 3.11. The van der Waals surface area contributed by atoms with Gasteiger partial charge in [0.1, 0.15) is 5.02 Å². The Morgan fingerprint density at radius 2 is 2.23 bits per heavy atom.